The van der Waals surface area contributed by atoms with Gasteiger partial charge in [-0.05, 0) is 42.0 Å². The highest BCUT2D eigenvalue weighted by atomic mass is 35.5. The molecule has 2 atom stereocenters. The largest absolute Gasteiger partial charge is 0.396 e. The van der Waals surface area contributed by atoms with Crippen LogP contribution in [0.2, 0.25) is 5.02 Å². The highest BCUT2D eigenvalue weighted by molar-refractivity contribution is 6.38. The predicted molar refractivity (Wildman–Crippen MR) is 126 cm³/mol. The number of aromatic nitrogens is 5. The number of nitrogen functional groups attached to an aromatic ring is 1. The maximum atomic E-state index is 12.8. The number of carbonyl (C=O) groups is 1. The number of hydrogen-bond acceptors (Lipinski definition) is 7. The van der Waals surface area contributed by atoms with Gasteiger partial charge in [-0.15, -0.1) is 0 Å². The van der Waals surface area contributed by atoms with Gasteiger partial charge in [0.25, 0.3) is 0 Å². The van der Waals surface area contributed by atoms with Crippen molar-refractivity contribution in [1.29, 1.82) is 0 Å². The SMILES string of the molecule is Cn1cc([C@H]2C[C@@H]2C(=O)Nc2ncc3c(N)nc(-c4cnccc4CCO)cc3c2Cl)cn1. The molecule has 0 bridgehead atoms. The normalized spacial score (nSPS) is 17.3. The van der Waals surface area contributed by atoms with Gasteiger partial charge in [0.1, 0.15) is 5.82 Å². The van der Waals surface area contributed by atoms with Crippen LogP contribution in [0.15, 0.2) is 43.1 Å². The second-order valence-electron chi connectivity index (χ2n) is 8.17. The molecule has 1 saturated carbocycles. The summed E-state index contributed by atoms with van der Waals surface area (Å²) in [4.78, 5) is 25.8. The summed E-state index contributed by atoms with van der Waals surface area (Å²) >= 11 is 6.67. The molecule has 0 unspecified atom stereocenters. The highest BCUT2D eigenvalue weighted by Crippen LogP contribution is 2.48. The molecular formula is C23H22ClN7O2. The lowest BCUT2D eigenvalue weighted by Crippen LogP contribution is -2.16. The Hall–Kier alpha value is -3.56. The van der Waals surface area contributed by atoms with E-state index >= 15 is 0 Å². The summed E-state index contributed by atoms with van der Waals surface area (Å²) in [5.74, 6) is 0.436. The number of nitrogens with two attached hydrogens (primary N) is 1. The van der Waals surface area contributed by atoms with Crippen molar-refractivity contribution in [3.63, 3.8) is 0 Å². The predicted octanol–water partition coefficient (Wildman–Crippen LogP) is 2.94. The maximum Gasteiger partial charge on any atom is 0.229 e. The number of fused-ring (bicyclic) bond motifs is 1. The van der Waals surface area contributed by atoms with Crippen LogP contribution in [0.4, 0.5) is 11.6 Å². The van der Waals surface area contributed by atoms with Crippen LogP contribution in [0.25, 0.3) is 22.0 Å². The second-order valence-corrected chi connectivity index (χ2v) is 8.54. The first-order valence-electron chi connectivity index (χ1n) is 10.5. The lowest BCUT2D eigenvalue weighted by molar-refractivity contribution is -0.117. The van der Waals surface area contributed by atoms with Crippen molar-refractivity contribution in [2.75, 3.05) is 17.7 Å². The van der Waals surface area contributed by atoms with Crippen molar-refractivity contribution in [3.05, 3.63) is 59.3 Å². The molecule has 5 rings (SSSR count). The molecule has 9 nitrogen and oxygen atoms in total. The van der Waals surface area contributed by atoms with Crippen molar-refractivity contribution >= 4 is 39.9 Å². The van der Waals surface area contributed by atoms with Crippen LogP contribution in [-0.4, -0.2) is 42.4 Å². The summed E-state index contributed by atoms with van der Waals surface area (Å²) in [6, 6.07) is 3.64. The minimum absolute atomic E-state index is 0.00212. The molecule has 0 radical (unpaired) electrons. The Morgan fingerprint density at radius 2 is 2.18 bits per heavy atom. The van der Waals surface area contributed by atoms with Crippen molar-refractivity contribution in [1.82, 2.24) is 24.7 Å². The van der Waals surface area contributed by atoms with Crippen molar-refractivity contribution in [2.24, 2.45) is 13.0 Å². The van der Waals surface area contributed by atoms with Crippen LogP contribution in [-0.2, 0) is 18.3 Å². The Bertz CT molecular complexity index is 1370. The molecule has 0 aliphatic heterocycles. The summed E-state index contributed by atoms with van der Waals surface area (Å²) in [7, 11) is 1.85. The van der Waals surface area contributed by atoms with E-state index in [2.05, 4.69) is 25.4 Å². The Morgan fingerprint density at radius 3 is 2.94 bits per heavy atom. The van der Waals surface area contributed by atoms with E-state index in [0.29, 0.717) is 27.9 Å². The molecular weight excluding hydrogens is 442 g/mol. The molecule has 168 valence electrons. The van der Waals surface area contributed by atoms with Crippen LogP contribution >= 0.6 is 11.6 Å². The summed E-state index contributed by atoms with van der Waals surface area (Å²) in [6.07, 6.45) is 9.86. The molecule has 4 N–H and O–H groups in total. The molecule has 4 aromatic heterocycles. The summed E-state index contributed by atoms with van der Waals surface area (Å²) < 4.78 is 1.73. The molecule has 1 amide bonds. The summed E-state index contributed by atoms with van der Waals surface area (Å²) in [5, 5.41) is 17.9. The number of amides is 1. The van der Waals surface area contributed by atoms with E-state index in [4.69, 9.17) is 17.3 Å². The average molecular weight is 464 g/mol. The first-order chi connectivity index (χ1) is 16.0. The lowest BCUT2D eigenvalue weighted by Gasteiger charge is -2.13. The molecule has 0 saturated heterocycles. The number of aliphatic hydroxyl groups is 1. The number of rotatable bonds is 6. The van der Waals surface area contributed by atoms with Gasteiger partial charge in [0.15, 0.2) is 5.82 Å². The van der Waals surface area contributed by atoms with Crippen LogP contribution in [0.5, 0.6) is 0 Å². The van der Waals surface area contributed by atoms with Crippen LogP contribution in [0.1, 0.15) is 23.5 Å². The molecule has 0 aromatic carbocycles. The van der Waals surface area contributed by atoms with Gasteiger partial charge in [-0.1, -0.05) is 11.6 Å². The van der Waals surface area contributed by atoms with Gasteiger partial charge in [0, 0.05) is 60.7 Å². The van der Waals surface area contributed by atoms with E-state index in [0.717, 1.165) is 23.1 Å². The minimum atomic E-state index is -0.141. The maximum absolute atomic E-state index is 12.8. The monoisotopic (exact) mass is 463 g/mol. The molecule has 1 aliphatic rings. The van der Waals surface area contributed by atoms with E-state index in [-0.39, 0.29) is 36.0 Å². The standard InChI is InChI=1S/C23H22ClN7O2/c1-31-11-13(8-28-31)14-6-16(14)23(33)30-22-20(24)15-7-19(29-21(25)18(15)10-27-22)17-9-26-4-2-12(17)3-5-32/h2,4,7-11,14,16,32H,3,5-6H2,1H3,(H2,25,29)(H,27,30,33)/t14-,16+/m1/s1. The minimum Gasteiger partial charge on any atom is -0.396 e. The number of halogens is 1. The van der Waals surface area contributed by atoms with Crippen LogP contribution in [0.3, 0.4) is 0 Å². The number of nitrogens with one attached hydrogen (secondary N) is 1. The molecule has 1 aliphatic carbocycles. The number of hydrogen-bond donors (Lipinski definition) is 3. The van der Waals surface area contributed by atoms with Gasteiger partial charge >= 0.3 is 0 Å². The topological polar surface area (TPSA) is 132 Å². The average Bonchev–Trinajstić information content (AvgIpc) is 3.50. The van der Waals surface area contributed by atoms with Gasteiger partial charge in [-0.3, -0.25) is 14.5 Å². The zero-order valence-corrected chi connectivity index (χ0v) is 18.6. The fraction of sp³-hybridized carbons (Fsp3) is 0.261. The highest BCUT2D eigenvalue weighted by Gasteiger charge is 2.44. The summed E-state index contributed by atoms with van der Waals surface area (Å²) in [6.45, 7) is 0.00212. The van der Waals surface area contributed by atoms with Crippen molar-refractivity contribution in [3.8, 4) is 11.3 Å². The molecule has 1 fully saturated rings. The Kier molecular flexibility index (Phi) is 5.43. The quantitative estimate of drug-likeness (QED) is 0.400. The zero-order chi connectivity index (χ0) is 23.1. The van der Waals surface area contributed by atoms with Gasteiger partial charge in [-0.2, -0.15) is 5.10 Å². The number of pyridine rings is 3. The lowest BCUT2D eigenvalue weighted by atomic mass is 10.0. The molecule has 10 heteroatoms. The number of aliphatic hydroxyl groups excluding tert-OH is 1. The fourth-order valence-electron chi connectivity index (χ4n) is 4.12. The Labute approximate surface area is 194 Å². The van der Waals surface area contributed by atoms with E-state index < -0.39 is 0 Å². The first kappa shape index (κ1) is 21.3. The van der Waals surface area contributed by atoms with Gasteiger partial charge in [0.2, 0.25) is 5.91 Å². The number of aryl methyl sites for hydroxylation is 1. The molecule has 33 heavy (non-hydrogen) atoms. The van der Waals surface area contributed by atoms with E-state index in [1.165, 1.54) is 0 Å². The molecule has 0 spiro atoms. The fourth-order valence-corrected chi connectivity index (χ4v) is 4.37. The van der Waals surface area contributed by atoms with Crippen LogP contribution < -0.4 is 11.1 Å². The molecule has 4 aromatic rings. The second kappa shape index (κ2) is 8.42. The van der Waals surface area contributed by atoms with E-state index in [1.54, 1.807) is 35.5 Å². The van der Waals surface area contributed by atoms with E-state index in [1.807, 2.05) is 19.3 Å². The smallest absolute Gasteiger partial charge is 0.229 e. The van der Waals surface area contributed by atoms with Gasteiger partial charge in [0.05, 0.1) is 16.9 Å². The number of anilines is 2. The van der Waals surface area contributed by atoms with Crippen LogP contribution in [0, 0.1) is 5.92 Å². The van der Waals surface area contributed by atoms with E-state index in [9.17, 15) is 9.90 Å². The third-order valence-electron chi connectivity index (χ3n) is 5.95. The van der Waals surface area contributed by atoms with Crippen molar-refractivity contribution in [2.45, 2.75) is 18.8 Å². The van der Waals surface area contributed by atoms with Crippen molar-refractivity contribution < 1.29 is 9.90 Å². The number of carbonyl (C=O) groups excluding carboxylic acids is 1. The Balaban J connectivity index is 1.46. The summed E-state index contributed by atoms with van der Waals surface area (Å²) in [5.41, 5.74) is 9.50. The third kappa shape index (κ3) is 4.01. The molecule has 4 heterocycles. The van der Waals surface area contributed by atoms with Gasteiger partial charge in [-0.25, -0.2) is 9.97 Å². The third-order valence-corrected chi connectivity index (χ3v) is 6.33. The first-order valence-corrected chi connectivity index (χ1v) is 10.9. The number of nitrogens with zero attached hydrogens (tertiary/aromatic N) is 5. The van der Waals surface area contributed by atoms with Gasteiger partial charge < -0.3 is 16.2 Å². The Morgan fingerprint density at radius 1 is 1.33 bits per heavy atom. The zero-order valence-electron chi connectivity index (χ0n) is 17.9.